The summed E-state index contributed by atoms with van der Waals surface area (Å²) in [6.07, 6.45) is 0. The Morgan fingerprint density at radius 2 is 1.56 bits per heavy atom. The Kier molecular flexibility index (Phi) is 5.67. The number of hydrogen-bond donors (Lipinski definition) is 1. The van der Waals surface area contributed by atoms with Crippen molar-refractivity contribution in [2.75, 3.05) is 19.0 Å². The molecule has 0 spiro atoms. The van der Waals surface area contributed by atoms with Crippen molar-refractivity contribution >= 4 is 44.8 Å². The number of anilines is 1. The Hall–Kier alpha value is -4.46. The summed E-state index contributed by atoms with van der Waals surface area (Å²) < 4.78 is 10.4. The molecule has 8 nitrogen and oxygen atoms in total. The molecule has 0 radical (unpaired) electrons. The summed E-state index contributed by atoms with van der Waals surface area (Å²) in [6.45, 7) is -0.567. The van der Waals surface area contributed by atoms with Crippen LogP contribution < -0.4 is 10.1 Å². The van der Waals surface area contributed by atoms with Gasteiger partial charge in [0.05, 0.1) is 23.3 Å². The van der Waals surface area contributed by atoms with Crippen LogP contribution in [0.4, 0.5) is 11.4 Å². The lowest BCUT2D eigenvalue weighted by atomic mass is 9.97. The molecule has 0 atom stereocenters. The van der Waals surface area contributed by atoms with Crippen molar-refractivity contribution in [3.8, 4) is 5.75 Å². The van der Waals surface area contributed by atoms with Crippen molar-refractivity contribution in [3.05, 3.63) is 88.5 Å². The van der Waals surface area contributed by atoms with Crippen LogP contribution in [0.5, 0.6) is 5.75 Å². The number of carbonyl (C=O) groups is 2. The molecule has 1 amide bonds. The Bertz CT molecular complexity index is 1310. The van der Waals surface area contributed by atoms with E-state index in [-0.39, 0.29) is 17.1 Å². The number of amides is 1. The molecule has 4 rings (SSSR count). The van der Waals surface area contributed by atoms with E-state index in [0.717, 1.165) is 21.5 Å². The van der Waals surface area contributed by atoms with E-state index in [1.54, 1.807) is 0 Å². The van der Waals surface area contributed by atoms with E-state index in [1.807, 2.05) is 54.6 Å². The number of nitrogens with one attached hydrogen (secondary N) is 1. The van der Waals surface area contributed by atoms with Gasteiger partial charge in [-0.2, -0.15) is 0 Å². The number of methoxy groups -OCH3 is 1. The monoisotopic (exact) mass is 430 g/mol. The normalized spacial score (nSPS) is 10.7. The lowest BCUT2D eigenvalue weighted by molar-refractivity contribution is -0.384. The minimum Gasteiger partial charge on any atom is -0.495 e. The molecule has 32 heavy (non-hydrogen) atoms. The number of esters is 1. The summed E-state index contributed by atoms with van der Waals surface area (Å²) in [5, 5.41) is 16.7. The molecular formula is C24H18N2O6. The number of fused-ring (bicyclic) bond motifs is 2. The molecule has 0 aliphatic carbocycles. The van der Waals surface area contributed by atoms with E-state index in [0.29, 0.717) is 5.56 Å². The fourth-order valence-corrected chi connectivity index (χ4v) is 3.53. The van der Waals surface area contributed by atoms with Crippen LogP contribution in [0.25, 0.3) is 21.5 Å². The van der Waals surface area contributed by atoms with Gasteiger partial charge in [0.15, 0.2) is 6.61 Å². The van der Waals surface area contributed by atoms with Crippen LogP contribution in [0.1, 0.15) is 10.4 Å². The fourth-order valence-electron chi connectivity index (χ4n) is 3.53. The number of carbonyl (C=O) groups excluding carboxylic acids is 2. The van der Waals surface area contributed by atoms with Gasteiger partial charge in [-0.05, 0) is 33.7 Å². The van der Waals surface area contributed by atoms with Crippen LogP contribution in [0.2, 0.25) is 0 Å². The van der Waals surface area contributed by atoms with Crippen molar-refractivity contribution < 1.29 is 24.0 Å². The van der Waals surface area contributed by atoms with Gasteiger partial charge in [0.1, 0.15) is 5.75 Å². The molecular weight excluding hydrogens is 412 g/mol. The van der Waals surface area contributed by atoms with Crippen LogP contribution in [-0.2, 0) is 9.53 Å². The maximum Gasteiger partial charge on any atom is 0.339 e. The van der Waals surface area contributed by atoms with Crippen LogP contribution >= 0.6 is 0 Å². The summed E-state index contributed by atoms with van der Waals surface area (Å²) in [5.41, 5.74) is 0.276. The average Bonchev–Trinajstić information content (AvgIpc) is 2.80. The van der Waals surface area contributed by atoms with Gasteiger partial charge in [0.25, 0.3) is 11.6 Å². The van der Waals surface area contributed by atoms with Gasteiger partial charge in [0, 0.05) is 12.1 Å². The number of non-ortho nitro benzene ring substituents is 1. The quantitative estimate of drug-likeness (QED) is 0.206. The molecule has 0 aliphatic rings. The second-order valence-corrected chi connectivity index (χ2v) is 6.96. The van der Waals surface area contributed by atoms with Crippen LogP contribution in [0.3, 0.4) is 0 Å². The SMILES string of the molecule is COc1ccc([N+](=O)[O-])cc1NC(=O)COC(=O)c1c2ccccc2cc2ccccc12. The van der Waals surface area contributed by atoms with Crippen molar-refractivity contribution in [2.24, 2.45) is 0 Å². The molecule has 0 aliphatic heterocycles. The minimum absolute atomic E-state index is 0.110. The third kappa shape index (κ3) is 4.06. The standard InChI is InChI=1S/C24H18N2O6/c1-31-21-11-10-17(26(29)30)13-20(21)25-22(27)14-32-24(28)23-18-8-4-2-6-15(18)12-16-7-3-5-9-19(16)23/h2-13H,14H2,1H3,(H,25,27). The molecule has 8 heteroatoms. The van der Waals surface area contributed by atoms with Crippen LogP contribution in [0.15, 0.2) is 72.8 Å². The van der Waals surface area contributed by atoms with E-state index in [9.17, 15) is 19.7 Å². The summed E-state index contributed by atoms with van der Waals surface area (Å²) in [5.74, 6) is -1.05. The van der Waals surface area contributed by atoms with Crippen molar-refractivity contribution in [2.45, 2.75) is 0 Å². The summed E-state index contributed by atoms with van der Waals surface area (Å²) in [4.78, 5) is 35.8. The minimum atomic E-state index is -0.651. The topological polar surface area (TPSA) is 108 Å². The summed E-state index contributed by atoms with van der Waals surface area (Å²) in [7, 11) is 1.38. The molecule has 0 unspecified atom stereocenters. The highest BCUT2D eigenvalue weighted by molar-refractivity contribution is 6.16. The van der Waals surface area contributed by atoms with Gasteiger partial charge in [-0.25, -0.2) is 4.79 Å². The molecule has 0 saturated heterocycles. The van der Waals surface area contributed by atoms with E-state index >= 15 is 0 Å². The maximum atomic E-state index is 13.0. The smallest absolute Gasteiger partial charge is 0.339 e. The van der Waals surface area contributed by atoms with Crippen molar-refractivity contribution in [3.63, 3.8) is 0 Å². The molecule has 1 N–H and O–H groups in total. The van der Waals surface area contributed by atoms with Crippen LogP contribution in [0, 0.1) is 10.1 Å². The Morgan fingerprint density at radius 1 is 0.938 bits per heavy atom. The number of nitrogens with zero attached hydrogens (tertiary/aromatic N) is 1. The zero-order chi connectivity index (χ0) is 22.7. The Balaban J connectivity index is 1.57. The largest absolute Gasteiger partial charge is 0.495 e. The van der Waals surface area contributed by atoms with Gasteiger partial charge in [-0.3, -0.25) is 14.9 Å². The van der Waals surface area contributed by atoms with Crippen LogP contribution in [-0.4, -0.2) is 30.5 Å². The average molecular weight is 430 g/mol. The molecule has 0 aromatic heterocycles. The zero-order valence-electron chi connectivity index (χ0n) is 17.0. The second-order valence-electron chi connectivity index (χ2n) is 6.96. The predicted molar refractivity (Wildman–Crippen MR) is 120 cm³/mol. The number of rotatable bonds is 6. The number of ether oxygens (including phenoxy) is 2. The summed E-state index contributed by atoms with van der Waals surface area (Å²) >= 11 is 0. The molecule has 160 valence electrons. The summed E-state index contributed by atoms with van der Waals surface area (Å²) in [6, 6.07) is 20.7. The van der Waals surface area contributed by atoms with E-state index in [4.69, 9.17) is 9.47 Å². The number of nitro groups is 1. The highest BCUT2D eigenvalue weighted by Gasteiger charge is 2.19. The van der Waals surface area contributed by atoms with Gasteiger partial charge in [0.2, 0.25) is 0 Å². The van der Waals surface area contributed by atoms with Gasteiger partial charge in [-0.15, -0.1) is 0 Å². The van der Waals surface area contributed by atoms with Crippen molar-refractivity contribution in [1.29, 1.82) is 0 Å². The first-order chi connectivity index (χ1) is 15.5. The molecule has 0 saturated carbocycles. The zero-order valence-corrected chi connectivity index (χ0v) is 17.0. The highest BCUT2D eigenvalue weighted by Crippen LogP contribution is 2.30. The number of hydrogen-bond acceptors (Lipinski definition) is 6. The molecule has 0 bridgehead atoms. The fraction of sp³-hybridized carbons (Fsp3) is 0.0833. The molecule has 4 aromatic rings. The van der Waals surface area contributed by atoms with Gasteiger partial charge >= 0.3 is 5.97 Å². The molecule has 4 aromatic carbocycles. The maximum absolute atomic E-state index is 13.0. The number of benzene rings is 4. The first kappa shape index (κ1) is 20.8. The predicted octanol–water partition coefficient (Wildman–Crippen LogP) is 4.71. The molecule has 0 fully saturated rings. The third-order valence-electron chi connectivity index (χ3n) is 4.98. The first-order valence-electron chi connectivity index (χ1n) is 9.68. The van der Waals surface area contributed by atoms with Crippen molar-refractivity contribution in [1.82, 2.24) is 0 Å². The van der Waals surface area contributed by atoms with E-state index < -0.39 is 23.4 Å². The Morgan fingerprint density at radius 3 is 2.16 bits per heavy atom. The van der Waals surface area contributed by atoms with E-state index in [2.05, 4.69) is 5.32 Å². The first-order valence-corrected chi connectivity index (χ1v) is 9.68. The Labute approximate surface area is 182 Å². The second kappa shape index (κ2) is 8.73. The molecule has 0 heterocycles. The van der Waals surface area contributed by atoms with Gasteiger partial charge in [-0.1, -0.05) is 48.5 Å². The lowest BCUT2D eigenvalue weighted by Crippen LogP contribution is -2.21. The third-order valence-corrected chi connectivity index (χ3v) is 4.98. The lowest BCUT2D eigenvalue weighted by Gasteiger charge is -2.12. The number of nitro benzene ring substituents is 1. The highest BCUT2D eigenvalue weighted by atomic mass is 16.6. The van der Waals surface area contributed by atoms with E-state index in [1.165, 1.54) is 25.3 Å². The van der Waals surface area contributed by atoms with Gasteiger partial charge < -0.3 is 14.8 Å².